The fourth-order valence-corrected chi connectivity index (χ4v) is 2.68. The number of nitrogens with one attached hydrogen (secondary N) is 1. The highest BCUT2D eigenvalue weighted by atomic mass is 35.5. The number of hydrogen-bond acceptors (Lipinski definition) is 3. The summed E-state index contributed by atoms with van der Waals surface area (Å²) in [5.41, 5.74) is 0.771. The lowest BCUT2D eigenvalue weighted by molar-refractivity contribution is 0.141. The Morgan fingerprint density at radius 1 is 1.37 bits per heavy atom. The molecule has 0 aliphatic carbocycles. The van der Waals surface area contributed by atoms with E-state index in [1.165, 1.54) is 6.07 Å². The number of hydrogen-bond donors (Lipinski definition) is 2. The minimum absolute atomic E-state index is 0. The molecule has 1 aliphatic heterocycles. The zero-order chi connectivity index (χ0) is 13.0. The molecule has 1 atom stereocenters. The van der Waals surface area contributed by atoms with Crippen molar-refractivity contribution in [3.05, 3.63) is 34.6 Å². The summed E-state index contributed by atoms with van der Waals surface area (Å²) >= 11 is 6.04. The monoisotopic (exact) mass is 308 g/mol. The SMILES string of the molecule is Cl.OCC[C@@H](c1cccc(F)c1Cl)N1CCNCC1. The van der Waals surface area contributed by atoms with Crippen molar-refractivity contribution in [3.8, 4) is 0 Å². The molecule has 0 bridgehead atoms. The fourth-order valence-electron chi connectivity index (χ4n) is 2.43. The molecule has 108 valence electrons. The van der Waals surface area contributed by atoms with Crippen LogP contribution in [0.15, 0.2) is 18.2 Å². The number of aliphatic hydroxyl groups excluding tert-OH is 1. The first-order valence-electron chi connectivity index (χ1n) is 6.23. The largest absolute Gasteiger partial charge is 0.396 e. The van der Waals surface area contributed by atoms with Gasteiger partial charge in [-0.05, 0) is 18.1 Å². The summed E-state index contributed by atoms with van der Waals surface area (Å²) in [6.45, 7) is 3.67. The molecule has 0 amide bonds. The van der Waals surface area contributed by atoms with Gasteiger partial charge in [0.2, 0.25) is 0 Å². The highest BCUT2D eigenvalue weighted by molar-refractivity contribution is 6.31. The second-order valence-corrected chi connectivity index (χ2v) is 4.84. The lowest BCUT2D eigenvalue weighted by Crippen LogP contribution is -2.45. The van der Waals surface area contributed by atoms with E-state index in [-0.39, 0.29) is 30.1 Å². The second-order valence-electron chi connectivity index (χ2n) is 4.46. The van der Waals surface area contributed by atoms with Gasteiger partial charge in [-0.3, -0.25) is 4.90 Å². The molecule has 0 aromatic heterocycles. The highest BCUT2D eigenvalue weighted by Crippen LogP contribution is 2.31. The van der Waals surface area contributed by atoms with E-state index in [1.807, 2.05) is 6.07 Å². The smallest absolute Gasteiger partial charge is 0.142 e. The Hall–Kier alpha value is -0.390. The van der Waals surface area contributed by atoms with Crippen molar-refractivity contribution < 1.29 is 9.50 Å². The molecule has 19 heavy (non-hydrogen) atoms. The zero-order valence-electron chi connectivity index (χ0n) is 10.6. The van der Waals surface area contributed by atoms with Crippen molar-refractivity contribution in [2.24, 2.45) is 0 Å². The molecule has 1 heterocycles. The summed E-state index contributed by atoms with van der Waals surface area (Å²) in [6, 6.07) is 4.86. The summed E-state index contributed by atoms with van der Waals surface area (Å²) < 4.78 is 13.5. The van der Waals surface area contributed by atoms with Crippen molar-refractivity contribution in [1.29, 1.82) is 0 Å². The van der Waals surface area contributed by atoms with Crippen molar-refractivity contribution in [3.63, 3.8) is 0 Å². The summed E-state index contributed by atoms with van der Waals surface area (Å²) in [4.78, 5) is 2.24. The van der Waals surface area contributed by atoms with E-state index in [4.69, 9.17) is 11.6 Å². The van der Waals surface area contributed by atoms with Crippen molar-refractivity contribution >= 4 is 24.0 Å². The molecule has 6 heteroatoms. The molecule has 2 rings (SSSR count). The first kappa shape index (κ1) is 16.7. The quantitative estimate of drug-likeness (QED) is 0.895. The normalized spacial score (nSPS) is 17.8. The van der Waals surface area contributed by atoms with Crippen LogP contribution in [0.2, 0.25) is 5.02 Å². The van der Waals surface area contributed by atoms with E-state index in [1.54, 1.807) is 6.07 Å². The van der Waals surface area contributed by atoms with Gasteiger partial charge < -0.3 is 10.4 Å². The molecule has 1 aromatic carbocycles. The van der Waals surface area contributed by atoms with Gasteiger partial charge in [0.15, 0.2) is 0 Å². The third-order valence-electron chi connectivity index (χ3n) is 3.34. The van der Waals surface area contributed by atoms with Crippen molar-refractivity contribution in [2.45, 2.75) is 12.5 Å². The van der Waals surface area contributed by atoms with Crippen LogP contribution < -0.4 is 5.32 Å². The van der Waals surface area contributed by atoms with Gasteiger partial charge in [0.05, 0.1) is 5.02 Å². The van der Waals surface area contributed by atoms with Gasteiger partial charge in [-0.15, -0.1) is 12.4 Å². The number of piperazine rings is 1. The molecule has 2 N–H and O–H groups in total. The lowest BCUT2D eigenvalue weighted by Gasteiger charge is -2.35. The van der Waals surface area contributed by atoms with Crippen LogP contribution in [0.4, 0.5) is 4.39 Å². The van der Waals surface area contributed by atoms with Crippen LogP contribution in [-0.4, -0.2) is 42.8 Å². The van der Waals surface area contributed by atoms with E-state index in [0.717, 1.165) is 31.7 Å². The molecule has 1 aliphatic rings. The number of halogens is 3. The molecular weight excluding hydrogens is 290 g/mol. The maximum atomic E-state index is 13.5. The van der Waals surface area contributed by atoms with Crippen molar-refractivity contribution in [2.75, 3.05) is 32.8 Å². The summed E-state index contributed by atoms with van der Waals surface area (Å²) in [7, 11) is 0. The van der Waals surface area contributed by atoms with E-state index < -0.39 is 5.82 Å². The van der Waals surface area contributed by atoms with Crippen LogP contribution in [0.1, 0.15) is 18.0 Å². The highest BCUT2D eigenvalue weighted by Gasteiger charge is 2.24. The molecule has 1 aromatic rings. The van der Waals surface area contributed by atoms with E-state index >= 15 is 0 Å². The van der Waals surface area contributed by atoms with E-state index in [2.05, 4.69) is 10.2 Å². The third-order valence-corrected chi connectivity index (χ3v) is 3.73. The Morgan fingerprint density at radius 3 is 2.68 bits per heavy atom. The van der Waals surface area contributed by atoms with Gasteiger partial charge in [-0.25, -0.2) is 4.39 Å². The predicted octanol–water partition coefficient (Wildman–Crippen LogP) is 2.23. The Balaban J connectivity index is 0.00000180. The Kier molecular flexibility index (Phi) is 7.04. The fraction of sp³-hybridized carbons (Fsp3) is 0.538. The summed E-state index contributed by atoms with van der Waals surface area (Å²) in [5, 5.41) is 12.7. The van der Waals surface area contributed by atoms with Crippen LogP contribution >= 0.6 is 24.0 Å². The standard InChI is InChI=1S/C13H18ClFN2O.ClH/c14-13-10(2-1-3-11(13)15)12(4-9-18)17-7-5-16-6-8-17;/h1-3,12,16,18H,4-9H2;1H/t12-;/m0./s1. The third kappa shape index (κ3) is 4.04. The average Bonchev–Trinajstić information content (AvgIpc) is 2.41. The van der Waals surface area contributed by atoms with E-state index in [0.29, 0.717) is 6.42 Å². The Labute approximate surface area is 124 Å². The molecule has 0 unspecified atom stereocenters. The number of rotatable bonds is 4. The number of benzene rings is 1. The zero-order valence-corrected chi connectivity index (χ0v) is 12.2. The molecular formula is C13H19Cl2FN2O. The van der Waals surface area contributed by atoms with Crippen LogP contribution in [0.25, 0.3) is 0 Å². The average molecular weight is 309 g/mol. The minimum Gasteiger partial charge on any atom is -0.396 e. The second kappa shape index (κ2) is 8.02. The van der Waals surface area contributed by atoms with Crippen molar-refractivity contribution in [1.82, 2.24) is 10.2 Å². The molecule has 0 radical (unpaired) electrons. The van der Waals surface area contributed by atoms with Gasteiger partial charge in [0, 0.05) is 38.8 Å². The molecule has 1 saturated heterocycles. The number of nitrogens with zero attached hydrogens (tertiary/aromatic N) is 1. The van der Waals surface area contributed by atoms with Crippen LogP contribution in [0.3, 0.4) is 0 Å². The summed E-state index contributed by atoms with van der Waals surface area (Å²) in [6.07, 6.45) is 0.573. The molecule has 0 saturated carbocycles. The number of aliphatic hydroxyl groups is 1. The first-order chi connectivity index (χ1) is 8.74. The molecule has 0 spiro atoms. The van der Waals surface area contributed by atoms with Gasteiger partial charge >= 0.3 is 0 Å². The van der Waals surface area contributed by atoms with Crippen LogP contribution in [-0.2, 0) is 0 Å². The van der Waals surface area contributed by atoms with Gasteiger partial charge in [0.25, 0.3) is 0 Å². The topological polar surface area (TPSA) is 35.5 Å². The van der Waals surface area contributed by atoms with Gasteiger partial charge in [0.1, 0.15) is 5.82 Å². The van der Waals surface area contributed by atoms with Crippen LogP contribution in [0.5, 0.6) is 0 Å². The van der Waals surface area contributed by atoms with Gasteiger partial charge in [-0.2, -0.15) is 0 Å². The maximum absolute atomic E-state index is 13.5. The van der Waals surface area contributed by atoms with E-state index in [9.17, 15) is 9.50 Å². The summed E-state index contributed by atoms with van der Waals surface area (Å²) in [5.74, 6) is -0.396. The van der Waals surface area contributed by atoms with Gasteiger partial charge in [-0.1, -0.05) is 23.7 Å². The molecule has 1 fully saturated rings. The first-order valence-corrected chi connectivity index (χ1v) is 6.61. The van der Waals surface area contributed by atoms with Crippen LogP contribution in [0, 0.1) is 5.82 Å². The lowest BCUT2D eigenvalue weighted by atomic mass is 10.0. The Morgan fingerprint density at radius 2 is 2.05 bits per heavy atom. The minimum atomic E-state index is -0.396. The predicted molar refractivity (Wildman–Crippen MR) is 77.5 cm³/mol. The molecule has 3 nitrogen and oxygen atoms in total. The maximum Gasteiger partial charge on any atom is 0.142 e. The Bertz CT molecular complexity index is 400.